The molecule has 3 N–H and O–H groups in total. The van der Waals surface area contributed by atoms with E-state index in [2.05, 4.69) is 20.4 Å². The largest absolute Gasteiger partial charge is 0.389 e. The van der Waals surface area contributed by atoms with E-state index in [1.807, 2.05) is 14.1 Å². The monoisotopic (exact) mass is 269 g/mol. The summed E-state index contributed by atoms with van der Waals surface area (Å²) in [6, 6.07) is 1.74. The normalized spacial score (nSPS) is 10.6. The summed E-state index contributed by atoms with van der Waals surface area (Å²) in [5, 5.41) is 10.8. The molecule has 1 heterocycles. The van der Waals surface area contributed by atoms with Crippen molar-refractivity contribution in [1.29, 1.82) is 0 Å². The Hall–Kier alpha value is -1.31. The summed E-state index contributed by atoms with van der Waals surface area (Å²) in [5.74, 6) is 0.598. The van der Waals surface area contributed by atoms with E-state index in [4.69, 9.17) is 22.7 Å². The number of nitrogens with two attached hydrogens (primary N) is 1. The number of hydrogen-bond acceptors (Lipinski definition) is 6. The second-order valence-electron chi connectivity index (χ2n) is 4.00. The van der Waals surface area contributed by atoms with Gasteiger partial charge in [0.1, 0.15) is 4.99 Å². The van der Waals surface area contributed by atoms with Gasteiger partial charge in [-0.05, 0) is 20.2 Å². The highest BCUT2D eigenvalue weighted by atomic mass is 32.1. The molecule has 0 bridgehead atoms. The summed E-state index contributed by atoms with van der Waals surface area (Å²) in [4.78, 5) is 2.38. The Balaban J connectivity index is 2.29. The van der Waals surface area contributed by atoms with Gasteiger partial charge in [-0.25, -0.2) is 0 Å². The standard InChI is InChI=1S/C11H19N5OS/c1-16(2)6-8-17-7-5-13-11-9(10(12)18)3-4-14-15-11/h3-4H,5-8H2,1-2H3,(H2,12,18)(H,13,15). The Bertz CT molecular complexity index is 385. The lowest BCUT2D eigenvalue weighted by Crippen LogP contribution is -2.21. The third kappa shape index (κ3) is 5.35. The summed E-state index contributed by atoms with van der Waals surface area (Å²) in [7, 11) is 4.02. The van der Waals surface area contributed by atoms with Crippen molar-refractivity contribution in [1.82, 2.24) is 15.1 Å². The fourth-order valence-electron chi connectivity index (χ4n) is 1.25. The Morgan fingerprint density at radius 3 is 2.94 bits per heavy atom. The number of ether oxygens (including phenoxy) is 1. The number of hydrogen-bond donors (Lipinski definition) is 2. The van der Waals surface area contributed by atoms with Gasteiger partial charge in [-0.1, -0.05) is 12.2 Å². The molecule has 0 spiro atoms. The lowest BCUT2D eigenvalue weighted by atomic mass is 10.3. The zero-order valence-corrected chi connectivity index (χ0v) is 11.5. The SMILES string of the molecule is CN(C)CCOCCNc1nnccc1C(N)=S. The minimum Gasteiger partial charge on any atom is -0.389 e. The van der Waals surface area contributed by atoms with Crippen LogP contribution in [0.5, 0.6) is 0 Å². The van der Waals surface area contributed by atoms with E-state index in [0.717, 1.165) is 6.54 Å². The van der Waals surface area contributed by atoms with Crippen molar-refractivity contribution in [2.45, 2.75) is 0 Å². The topological polar surface area (TPSA) is 76.3 Å². The summed E-state index contributed by atoms with van der Waals surface area (Å²) >= 11 is 4.93. The molecule has 18 heavy (non-hydrogen) atoms. The van der Waals surface area contributed by atoms with E-state index in [1.165, 1.54) is 0 Å². The minimum absolute atomic E-state index is 0.306. The zero-order valence-electron chi connectivity index (χ0n) is 10.7. The molecule has 7 heteroatoms. The molecule has 1 aromatic rings. The van der Waals surface area contributed by atoms with Gasteiger partial charge < -0.3 is 20.7 Å². The first kappa shape index (κ1) is 14.7. The van der Waals surface area contributed by atoms with Crippen LogP contribution in [0.15, 0.2) is 12.3 Å². The molecular weight excluding hydrogens is 250 g/mol. The second-order valence-corrected chi connectivity index (χ2v) is 4.44. The molecule has 0 atom stereocenters. The predicted molar refractivity (Wildman–Crippen MR) is 75.8 cm³/mol. The zero-order chi connectivity index (χ0) is 13.4. The van der Waals surface area contributed by atoms with Crippen LogP contribution in [-0.4, -0.2) is 60.5 Å². The molecule has 6 nitrogen and oxygen atoms in total. The summed E-state index contributed by atoms with van der Waals surface area (Å²) < 4.78 is 5.45. The number of anilines is 1. The molecule has 0 radical (unpaired) electrons. The van der Waals surface area contributed by atoms with Crippen molar-refractivity contribution < 1.29 is 4.74 Å². The van der Waals surface area contributed by atoms with Crippen molar-refractivity contribution in [3.63, 3.8) is 0 Å². The van der Waals surface area contributed by atoms with E-state index in [0.29, 0.717) is 36.1 Å². The van der Waals surface area contributed by atoms with Crippen LogP contribution in [0, 0.1) is 0 Å². The van der Waals surface area contributed by atoms with Crippen LogP contribution in [0.25, 0.3) is 0 Å². The van der Waals surface area contributed by atoms with E-state index in [-0.39, 0.29) is 0 Å². The molecule has 1 rings (SSSR count). The molecule has 0 saturated heterocycles. The number of thiocarbonyl (C=S) groups is 1. The van der Waals surface area contributed by atoms with Crippen LogP contribution < -0.4 is 11.1 Å². The van der Waals surface area contributed by atoms with E-state index in [9.17, 15) is 0 Å². The lowest BCUT2D eigenvalue weighted by molar-refractivity contribution is 0.126. The molecule has 0 saturated carbocycles. The van der Waals surface area contributed by atoms with Gasteiger partial charge in [0.25, 0.3) is 0 Å². The fourth-order valence-corrected chi connectivity index (χ4v) is 1.42. The fraction of sp³-hybridized carbons (Fsp3) is 0.545. The highest BCUT2D eigenvalue weighted by Gasteiger charge is 2.05. The minimum atomic E-state index is 0.306. The van der Waals surface area contributed by atoms with Crippen molar-refractivity contribution in [2.24, 2.45) is 5.73 Å². The molecule has 0 aromatic carbocycles. The molecule has 1 aromatic heterocycles. The highest BCUT2D eigenvalue weighted by molar-refractivity contribution is 7.80. The highest BCUT2D eigenvalue weighted by Crippen LogP contribution is 2.08. The van der Waals surface area contributed by atoms with Crippen LogP contribution in [0.2, 0.25) is 0 Å². The van der Waals surface area contributed by atoms with Gasteiger partial charge in [0, 0.05) is 13.1 Å². The summed E-state index contributed by atoms with van der Waals surface area (Å²) in [6.45, 7) is 2.85. The number of nitrogens with zero attached hydrogens (tertiary/aromatic N) is 3. The first-order valence-corrected chi connectivity index (χ1v) is 6.10. The molecule has 0 aliphatic carbocycles. The van der Waals surface area contributed by atoms with Crippen LogP contribution in [0.1, 0.15) is 5.56 Å². The van der Waals surface area contributed by atoms with Crippen LogP contribution in [-0.2, 0) is 4.74 Å². The smallest absolute Gasteiger partial charge is 0.159 e. The molecule has 0 fully saturated rings. The molecular formula is C11H19N5OS. The summed E-state index contributed by atoms with van der Waals surface area (Å²) in [5.41, 5.74) is 6.29. The van der Waals surface area contributed by atoms with Crippen molar-refractivity contribution in [2.75, 3.05) is 45.7 Å². The van der Waals surface area contributed by atoms with Gasteiger partial charge in [-0.3, -0.25) is 0 Å². The average Bonchev–Trinajstić information content (AvgIpc) is 2.33. The molecule has 100 valence electrons. The first-order chi connectivity index (χ1) is 8.61. The van der Waals surface area contributed by atoms with E-state index < -0.39 is 0 Å². The van der Waals surface area contributed by atoms with Gasteiger partial charge in [0.05, 0.1) is 25.0 Å². The number of rotatable bonds is 8. The van der Waals surface area contributed by atoms with Gasteiger partial charge in [-0.2, -0.15) is 5.10 Å². The van der Waals surface area contributed by atoms with Gasteiger partial charge in [0.2, 0.25) is 0 Å². The van der Waals surface area contributed by atoms with Crippen molar-refractivity contribution in [3.05, 3.63) is 17.8 Å². The average molecular weight is 269 g/mol. The number of aromatic nitrogens is 2. The maximum absolute atomic E-state index is 5.59. The Kier molecular flexibility index (Phi) is 6.48. The van der Waals surface area contributed by atoms with Crippen LogP contribution in [0.3, 0.4) is 0 Å². The van der Waals surface area contributed by atoms with Gasteiger partial charge in [0.15, 0.2) is 5.82 Å². The molecule has 0 unspecified atom stereocenters. The van der Waals surface area contributed by atoms with Gasteiger partial charge in [-0.15, -0.1) is 5.10 Å². The summed E-state index contributed by atoms with van der Waals surface area (Å²) in [6.07, 6.45) is 1.56. The Labute approximate surface area is 113 Å². The molecule has 0 aliphatic rings. The van der Waals surface area contributed by atoms with Crippen LogP contribution in [0.4, 0.5) is 5.82 Å². The number of nitrogens with one attached hydrogen (secondary N) is 1. The Morgan fingerprint density at radius 2 is 2.28 bits per heavy atom. The third-order valence-electron chi connectivity index (χ3n) is 2.21. The van der Waals surface area contributed by atoms with E-state index >= 15 is 0 Å². The maximum atomic E-state index is 5.59. The maximum Gasteiger partial charge on any atom is 0.159 e. The molecule has 0 amide bonds. The number of likely N-dealkylation sites (N-methyl/N-ethyl adjacent to an activating group) is 1. The third-order valence-corrected chi connectivity index (χ3v) is 2.43. The van der Waals surface area contributed by atoms with Gasteiger partial charge >= 0.3 is 0 Å². The lowest BCUT2D eigenvalue weighted by Gasteiger charge is -2.11. The Morgan fingerprint density at radius 1 is 1.50 bits per heavy atom. The van der Waals surface area contributed by atoms with Crippen molar-refractivity contribution >= 4 is 23.0 Å². The second kappa shape index (κ2) is 7.91. The van der Waals surface area contributed by atoms with Crippen molar-refractivity contribution in [3.8, 4) is 0 Å². The molecule has 0 aliphatic heterocycles. The van der Waals surface area contributed by atoms with Crippen LogP contribution >= 0.6 is 12.2 Å². The quantitative estimate of drug-likeness (QED) is 0.512. The van der Waals surface area contributed by atoms with E-state index in [1.54, 1.807) is 12.3 Å². The first-order valence-electron chi connectivity index (χ1n) is 5.69. The predicted octanol–water partition coefficient (Wildman–Crippen LogP) is 0.101.